The van der Waals surface area contributed by atoms with E-state index in [-0.39, 0.29) is 29.1 Å². The summed E-state index contributed by atoms with van der Waals surface area (Å²) < 4.78 is 68.3. The Morgan fingerprint density at radius 3 is 1.46 bits per heavy atom. The molecule has 3 aromatic rings. The molecule has 1 fully saturated rings. The molecule has 0 radical (unpaired) electrons. The Morgan fingerprint density at radius 2 is 1.03 bits per heavy atom. The molecule has 2 atom stereocenters. The van der Waals surface area contributed by atoms with Crippen molar-refractivity contribution in [3.8, 4) is 0 Å². The van der Waals surface area contributed by atoms with Crippen molar-refractivity contribution < 1.29 is 34.7 Å². The fraction of sp³-hybridized carbons (Fsp3) is 0.296. The van der Waals surface area contributed by atoms with Crippen LogP contribution in [0, 0.1) is 13.8 Å². The van der Waals surface area contributed by atoms with Crippen LogP contribution in [-0.4, -0.2) is 41.1 Å². The summed E-state index contributed by atoms with van der Waals surface area (Å²) >= 11 is 0. The molecule has 0 amide bonds. The first kappa shape index (κ1) is 27.0. The number of benzene rings is 3. The molecular weight excluding hydrogens is 516 g/mol. The summed E-state index contributed by atoms with van der Waals surface area (Å²) in [7, 11) is -8.30. The van der Waals surface area contributed by atoms with E-state index >= 15 is 0 Å². The molecular formula is C27H28O8S2. The van der Waals surface area contributed by atoms with E-state index in [4.69, 9.17) is 13.1 Å². The highest BCUT2D eigenvalue weighted by atomic mass is 32.2. The predicted octanol–water partition coefficient (Wildman–Crippen LogP) is 4.56. The van der Waals surface area contributed by atoms with E-state index in [9.17, 15) is 21.6 Å². The van der Waals surface area contributed by atoms with Crippen LogP contribution in [0.3, 0.4) is 0 Å². The maximum Gasteiger partial charge on any atom is 0.338 e. The van der Waals surface area contributed by atoms with Gasteiger partial charge in [-0.3, -0.25) is 8.37 Å². The Morgan fingerprint density at radius 1 is 0.622 bits per heavy atom. The first-order valence-electron chi connectivity index (χ1n) is 11.8. The lowest BCUT2D eigenvalue weighted by Gasteiger charge is -2.33. The number of ether oxygens (including phenoxy) is 1. The van der Waals surface area contributed by atoms with Gasteiger partial charge in [0.1, 0.15) is 6.10 Å². The topological polar surface area (TPSA) is 113 Å². The second-order valence-corrected chi connectivity index (χ2v) is 12.2. The summed E-state index contributed by atoms with van der Waals surface area (Å²) in [6.07, 6.45) is -2.64. The van der Waals surface area contributed by atoms with E-state index in [0.717, 1.165) is 11.1 Å². The molecule has 0 aliphatic heterocycles. The molecule has 0 bridgehead atoms. The van der Waals surface area contributed by atoms with Gasteiger partial charge in [-0.1, -0.05) is 53.6 Å². The highest BCUT2D eigenvalue weighted by Crippen LogP contribution is 2.31. The number of rotatable bonds is 8. The predicted molar refractivity (Wildman–Crippen MR) is 136 cm³/mol. The molecule has 1 aliphatic carbocycles. The number of carbonyl (C=O) groups is 1. The molecule has 1 saturated carbocycles. The van der Waals surface area contributed by atoms with Crippen molar-refractivity contribution in [2.24, 2.45) is 0 Å². The van der Waals surface area contributed by atoms with E-state index < -0.39 is 44.5 Å². The maximum absolute atomic E-state index is 12.9. The summed E-state index contributed by atoms with van der Waals surface area (Å²) in [6.45, 7) is 3.67. The van der Waals surface area contributed by atoms with Crippen LogP contribution in [0.2, 0.25) is 0 Å². The van der Waals surface area contributed by atoms with Gasteiger partial charge in [0.05, 0.1) is 27.6 Å². The number of hydrogen-bond donors (Lipinski definition) is 0. The zero-order valence-corrected chi connectivity index (χ0v) is 22.1. The summed E-state index contributed by atoms with van der Waals surface area (Å²) in [5.74, 6) is -0.604. The number of esters is 1. The Hall–Kier alpha value is -3.05. The quantitative estimate of drug-likeness (QED) is 0.300. The zero-order valence-electron chi connectivity index (χ0n) is 20.4. The van der Waals surface area contributed by atoms with Crippen LogP contribution in [0.4, 0.5) is 0 Å². The second-order valence-electron chi connectivity index (χ2n) is 9.07. The maximum atomic E-state index is 12.9. The second kappa shape index (κ2) is 11.1. The van der Waals surface area contributed by atoms with Gasteiger partial charge in [-0.25, -0.2) is 4.79 Å². The van der Waals surface area contributed by atoms with Gasteiger partial charge in [0.25, 0.3) is 20.2 Å². The normalized spacial score (nSPS) is 20.3. The van der Waals surface area contributed by atoms with E-state index in [1.54, 1.807) is 54.6 Å². The van der Waals surface area contributed by atoms with Crippen LogP contribution in [0.5, 0.6) is 0 Å². The SMILES string of the molecule is Cc1ccc(S(=O)(=O)OC2CC(OC(=O)c3ccccc3)CC(OS(=O)(=O)c3ccc(C)cc3)C2)cc1. The lowest BCUT2D eigenvalue weighted by molar-refractivity contribution is -0.0247. The minimum atomic E-state index is -4.15. The van der Waals surface area contributed by atoms with E-state index in [2.05, 4.69) is 0 Å². The van der Waals surface area contributed by atoms with Gasteiger partial charge in [-0.05, 0) is 50.2 Å². The third-order valence-corrected chi connectivity index (χ3v) is 8.76. The molecule has 10 heteroatoms. The molecule has 0 aromatic heterocycles. The molecule has 4 rings (SSSR count). The minimum absolute atomic E-state index is 0.0183. The van der Waals surface area contributed by atoms with Gasteiger partial charge in [0, 0.05) is 19.3 Å². The molecule has 196 valence electrons. The van der Waals surface area contributed by atoms with Crippen molar-refractivity contribution in [2.45, 2.75) is 61.2 Å². The first-order chi connectivity index (χ1) is 17.5. The Bertz CT molecular complexity index is 1350. The largest absolute Gasteiger partial charge is 0.459 e. The van der Waals surface area contributed by atoms with Crippen LogP contribution >= 0.6 is 0 Å². The van der Waals surface area contributed by atoms with E-state index in [1.807, 2.05) is 13.8 Å². The van der Waals surface area contributed by atoms with Crippen molar-refractivity contribution >= 4 is 26.2 Å². The van der Waals surface area contributed by atoms with E-state index in [1.165, 1.54) is 24.3 Å². The third-order valence-electron chi connectivity index (χ3n) is 6.01. The van der Waals surface area contributed by atoms with Crippen molar-refractivity contribution in [2.75, 3.05) is 0 Å². The zero-order chi connectivity index (χ0) is 26.6. The standard InChI is InChI=1S/C27H28O8S2/c1-19-8-12-25(13-9-19)36(29,30)34-23-16-22(33-27(28)21-6-4-3-5-7-21)17-24(18-23)35-37(31,32)26-14-10-20(2)11-15-26/h3-15,22-24H,16-18H2,1-2H3. The molecule has 37 heavy (non-hydrogen) atoms. The van der Waals surface area contributed by atoms with Crippen LogP contribution in [0.25, 0.3) is 0 Å². The van der Waals surface area contributed by atoms with Crippen LogP contribution < -0.4 is 0 Å². The Labute approximate surface area is 217 Å². The van der Waals surface area contributed by atoms with Crippen molar-refractivity contribution in [1.29, 1.82) is 0 Å². The molecule has 1 aliphatic rings. The van der Waals surface area contributed by atoms with Crippen LogP contribution in [-0.2, 0) is 33.3 Å². The summed E-state index contributed by atoms with van der Waals surface area (Å²) in [5.41, 5.74) is 2.10. The molecule has 0 heterocycles. The Balaban J connectivity index is 1.55. The first-order valence-corrected chi connectivity index (χ1v) is 14.6. The average Bonchev–Trinajstić information content (AvgIpc) is 2.84. The van der Waals surface area contributed by atoms with Gasteiger partial charge in [0.15, 0.2) is 0 Å². The Kier molecular flexibility index (Phi) is 8.13. The van der Waals surface area contributed by atoms with Gasteiger partial charge in [-0.2, -0.15) is 16.8 Å². The van der Waals surface area contributed by atoms with Crippen molar-refractivity contribution in [1.82, 2.24) is 0 Å². The number of carbonyl (C=O) groups excluding carboxylic acids is 1. The fourth-order valence-electron chi connectivity index (χ4n) is 4.09. The van der Waals surface area contributed by atoms with Gasteiger partial charge in [0.2, 0.25) is 0 Å². The van der Waals surface area contributed by atoms with Crippen molar-refractivity contribution in [3.63, 3.8) is 0 Å². The van der Waals surface area contributed by atoms with Crippen LogP contribution in [0.15, 0.2) is 88.7 Å². The fourth-order valence-corrected chi connectivity index (χ4v) is 6.29. The summed E-state index contributed by atoms with van der Waals surface area (Å²) in [6, 6.07) is 20.7. The van der Waals surface area contributed by atoms with Gasteiger partial charge in [-0.15, -0.1) is 0 Å². The third kappa shape index (κ3) is 7.04. The van der Waals surface area contributed by atoms with E-state index in [0.29, 0.717) is 5.56 Å². The summed E-state index contributed by atoms with van der Waals surface area (Å²) in [4.78, 5) is 12.6. The van der Waals surface area contributed by atoms with Crippen LogP contribution in [0.1, 0.15) is 40.7 Å². The van der Waals surface area contributed by atoms with Gasteiger partial charge < -0.3 is 4.74 Å². The van der Waals surface area contributed by atoms with Crippen molar-refractivity contribution in [3.05, 3.63) is 95.6 Å². The lowest BCUT2D eigenvalue weighted by Crippen LogP contribution is -2.40. The monoisotopic (exact) mass is 544 g/mol. The molecule has 0 N–H and O–H groups in total. The molecule has 0 saturated heterocycles. The highest BCUT2D eigenvalue weighted by Gasteiger charge is 2.38. The molecule has 2 unspecified atom stereocenters. The number of aryl methyl sites for hydroxylation is 2. The summed E-state index contributed by atoms with van der Waals surface area (Å²) in [5, 5.41) is 0. The van der Waals surface area contributed by atoms with Gasteiger partial charge >= 0.3 is 5.97 Å². The molecule has 3 aromatic carbocycles. The number of hydrogen-bond acceptors (Lipinski definition) is 8. The molecule has 8 nitrogen and oxygen atoms in total. The minimum Gasteiger partial charge on any atom is -0.459 e. The highest BCUT2D eigenvalue weighted by molar-refractivity contribution is 7.87. The lowest BCUT2D eigenvalue weighted by atomic mass is 9.92. The average molecular weight is 545 g/mol. The smallest absolute Gasteiger partial charge is 0.338 e. The molecule has 0 spiro atoms.